The molecule has 0 aliphatic rings. The molecule has 5 N–H and O–H groups in total. The van der Waals surface area contributed by atoms with Gasteiger partial charge in [-0.3, -0.25) is 4.79 Å². The van der Waals surface area contributed by atoms with Crippen molar-refractivity contribution in [3.8, 4) is 0 Å². The maximum atomic E-state index is 11.6. The molecule has 1 aromatic carbocycles. The van der Waals surface area contributed by atoms with E-state index < -0.39 is 6.03 Å². The summed E-state index contributed by atoms with van der Waals surface area (Å²) < 4.78 is 0. The fraction of sp³-hybridized carbons (Fsp3) is 0.429. The molecule has 0 aliphatic carbocycles. The van der Waals surface area contributed by atoms with Crippen LogP contribution in [0.25, 0.3) is 0 Å². The molecule has 110 valence electrons. The molecule has 6 heteroatoms. The van der Waals surface area contributed by atoms with E-state index in [0.29, 0.717) is 24.7 Å². The van der Waals surface area contributed by atoms with E-state index in [1.807, 2.05) is 26.0 Å². The molecule has 0 spiro atoms. The number of rotatable bonds is 6. The van der Waals surface area contributed by atoms with Gasteiger partial charge in [-0.2, -0.15) is 0 Å². The smallest absolute Gasteiger partial charge is 0.319 e. The third kappa shape index (κ3) is 6.19. The first-order chi connectivity index (χ1) is 9.51. The van der Waals surface area contributed by atoms with Gasteiger partial charge in [0.05, 0.1) is 6.54 Å². The first-order valence-electron chi connectivity index (χ1n) is 6.62. The third-order valence-corrected chi connectivity index (χ3v) is 2.54. The Morgan fingerprint density at radius 2 is 2.00 bits per heavy atom. The zero-order chi connectivity index (χ0) is 15.0. The molecule has 6 nitrogen and oxygen atoms in total. The number of nitrogens with two attached hydrogens (primary N) is 1. The van der Waals surface area contributed by atoms with Crippen molar-refractivity contribution in [3.05, 3.63) is 29.8 Å². The van der Waals surface area contributed by atoms with Crippen LogP contribution in [0, 0.1) is 5.92 Å². The van der Waals surface area contributed by atoms with Crippen molar-refractivity contribution < 1.29 is 9.59 Å². The van der Waals surface area contributed by atoms with Gasteiger partial charge in [-0.1, -0.05) is 26.0 Å². The Hall–Kier alpha value is -2.08. The van der Waals surface area contributed by atoms with Gasteiger partial charge in [0.15, 0.2) is 0 Å². The fourth-order valence-electron chi connectivity index (χ4n) is 1.49. The van der Waals surface area contributed by atoms with E-state index >= 15 is 0 Å². The lowest BCUT2D eigenvalue weighted by molar-refractivity contribution is -0.120. The predicted octanol–water partition coefficient (Wildman–Crippen LogP) is 1.04. The SMILES string of the molecule is CC(C)CNC(=O)CNC(=O)Nc1cccc(CN)c1. The Morgan fingerprint density at radius 3 is 2.65 bits per heavy atom. The van der Waals surface area contributed by atoms with E-state index in [1.165, 1.54) is 0 Å². The second-order valence-electron chi connectivity index (χ2n) is 4.91. The number of anilines is 1. The summed E-state index contributed by atoms with van der Waals surface area (Å²) in [6.07, 6.45) is 0. The fourth-order valence-corrected chi connectivity index (χ4v) is 1.49. The Morgan fingerprint density at radius 1 is 1.25 bits per heavy atom. The van der Waals surface area contributed by atoms with Crippen LogP contribution in [0.3, 0.4) is 0 Å². The van der Waals surface area contributed by atoms with Crippen LogP contribution >= 0.6 is 0 Å². The van der Waals surface area contributed by atoms with Gasteiger partial charge in [0.2, 0.25) is 5.91 Å². The van der Waals surface area contributed by atoms with E-state index in [2.05, 4.69) is 16.0 Å². The Labute approximate surface area is 119 Å². The minimum atomic E-state index is -0.418. The molecule has 0 saturated carbocycles. The first-order valence-corrected chi connectivity index (χ1v) is 6.62. The topological polar surface area (TPSA) is 96.2 Å². The number of nitrogens with one attached hydrogen (secondary N) is 3. The van der Waals surface area contributed by atoms with E-state index in [-0.39, 0.29) is 12.5 Å². The van der Waals surface area contributed by atoms with Gasteiger partial charge < -0.3 is 21.7 Å². The average molecular weight is 278 g/mol. The van der Waals surface area contributed by atoms with Crippen molar-refractivity contribution in [2.75, 3.05) is 18.4 Å². The van der Waals surface area contributed by atoms with E-state index in [9.17, 15) is 9.59 Å². The number of amides is 3. The van der Waals surface area contributed by atoms with Crippen LogP contribution in [0.15, 0.2) is 24.3 Å². The second kappa shape index (κ2) is 8.16. The van der Waals surface area contributed by atoms with Crippen LogP contribution < -0.4 is 21.7 Å². The lowest BCUT2D eigenvalue weighted by Crippen LogP contribution is -2.40. The van der Waals surface area contributed by atoms with Gasteiger partial charge >= 0.3 is 6.03 Å². The molecule has 0 bridgehead atoms. The number of urea groups is 1. The molecule has 0 unspecified atom stereocenters. The van der Waals surface area contributed by atoms with Crippen molar-refractivity contribution in [2.45, 2.75) is 20.4 Å². The maximum absolute atomic E-state index is 11.6. The molecular formula is C14H22N4O2. The molecule has 0 fully saturated rings. The molecule has 0 atom stereocenters. The molecule has 3 amide bonds. The summed E-state index contributed by atoms with van der Waals surface area (Å²) in [5.41, 5.74) is 7.10. The molecular weight excluding hydrogens is 256 g/mol. The van der Waals surface area contributed by atoms with Crippen molar-refractivity contribution >= 4 is 17.6 Å². The van der Waals surface area contributed by atoms with Crippen molar-refractivity contribution in [3.63, 3.8) is 0 Å². The normalized spacial score (nSPS) is 10.2. The Bertz CT molecular complexity index is 460. The number of hydrogen-bond acceptors (Lipinski definition) is 3. The number of benzene rings is 1. The van der Waals surface area contributed by atoms with Gasteiger partial charge in [0.1, 0.15) is 0 Å². The predicted molar refractivity (Wildman–Crippen MR) is 79.2 cm³/mol. The minimum Gasteiger partial charge on any atom is -0.354 e. The van der Waals surface area contributed by atoms with Gasteiger partial charge in [-0.05, 0) is 23.6 Å². The second-order valence-corrected chi connectivity index (χ2v) is 4.91. The quantitative estimate of drug-likeness (QED) is 0.626. The van der Waals surface area contributed by atoms with Crippen LogP contribution in [-0.4, -0.2) is 25.0 Å². The van der Waals surface area contributed by atoms with E-state index in [1.54, 1.807) is 12.1 Å². The van der Waals surface area contributed by atoms with Crippen LogP contribution in [0.1, 0.15) is 19.4 Å². The highest BCUT2D eigenvalue weighted by atomic mass is 16.2. The highest BCUT2D eigenvalue weighted by Crippen LogP contribution is 2.09. The zero-order valence-electron chi connectivity index (χ0n) is 11.9. The highest BCUT2D eigenvalue weighted by molar-refractivity contribution is 5.92. The van der Waals surface area contributed by atoms with E-state index in [4.69, 9.17) is 5.73 Å². The van der Waals surface area contributed by atoms with Crippen molar-refractivity contribution in [2.24, 2.45) is 11.7 Å². The first kappa shape index (κ1) is 16.0. The summed E-state index contributed by atoms with van der Waals surface area (Å²) in [5, 5.41) is 7.87. The molecule has 0 aliphatic heterocycles. The van der Waals surface area contributed by atoms with Gasteiger partial charge in [-0.15, -0.1) is 0 Å². The largest absolute Gasteiger partial charge is 0.354 e. The molecule has 1 rings (SSSR count). The summed E-state index contributed by atoms with van der Waals surface area (Å²) in [4.78, 5) is 23.1. The van der Waals surface area contributed by atoms with Crippen LogP contribution in [-0.2, 0) is 11.3 Å². The average Bonchev–Trinajstić information content (AvgIpc) is 2.43. The van der Waals surface area contributed by atoms with Gasteiger partial charge in [0, 0.05) is 18.8 Å². The molecule has 0 heterocycles. The van der Waals surface area contributed by atoms with E-state index in [0.717, 1.165) is 5.56 Å². The van der Waals surface area contributed by atoms with Gasteiger partial charge in [-0.25, -0.2) is 4.79 Å². The summed E-state index contributed by atoms with van der Waals surface area (Å²) in [6.45, 7) is 4.97. The standard InChI is InChI=1S/C14H22N4O2/c1-10(2)8-16-13(19)9-17-14(20)18-12-5-3-4-11(6-12)7-15/h3-6,10H,7-9,15H2,1-2H3,(H,16,19)(H2,17,18,20). The molecule has 20 heavy (non-hydrogen) atoms. The lowest BCUT2D eigenvalue weighted by atomic mass is 10.2. The number of carbonyl (C=O) groups excluding carboxylic acids is 2. The summed E-state index contributed by atoms with van der Waals surface area (Å²) in [7, 11) is 0. The maximum Gasteiger partial charge on any atom is 0.319 e. The van der Waals surface area contributed by atoms with Crippen LogP contribution in [0.4, 0.5) is 10.5 Å². The number of hydrogen-bond donors (Lipinski definition) is 4. The van der Waals surface area contributed by atoms with Gasteiger partial charge in [0.25, 0.3) is 0 Å². The number of carbonyl (C=O) groups is 2. The van der Waals surface area contributed by atoms with Crippen LogP contribution in [0.2, 0.25) is 0 Å². The summed E-state index contributed by atoms with van der Waals surface area (Å²) in [5.74, 6) is 0.177. The zero-order valence-corrected chi connectivity index (χ0v) is 11.9. The molecule has 0 radical (unpaired) electrons. The third-order valence-electron chi connectivity index (χ3n) is 2.54. The van der Waals surface area contributed by atoms with Crippen molar-refractivity contribution in [1.82, 2.24) is 10.6 Å². The van der Waals surface area contributed by atoms with Crippen molar-refractivity contribution in [1.29, 1.82) is 0 Å². The summed E-state index contributed by atoms with van der Waals surface area (Å²) >= 11 is 0. The molecule has 1 aromatic rings. The highest BCUT2D eigenvalue weighted by Gasteiger charge is 2.06. The van der Waals surface area contributed by atoms with Crippen LogP contribution in [0.5, 0.6) is 0 Å². The monoisotopic (exact) mass is 278 g/mol. The Balaban J connectivity index is 2.34. The lowest BCUT2D eigenvalue weighted by Gasteiger charge is -2.10. The minimum absolute atomic E-state index is 0.0465. The Kier molecular flexibility index (Phi) is 6.52. The summed E-state index contributed by atoms with van der Waals surface area (Å²) in [6, 6.07) is 6.82. The molecule has 0 saturated heterocycles. The molecule has 0 aromatic heterocycles.